The molecule has 4 heavy (non-hydrogen) atoms. The van der Waals surface area contributed by atoms with Crippen molar-refractivity contribution in [2.24, 2.45) is 0 Å². The minimum Gasteiger partial charge on any atom is 0 e. The molecular weight excluding hydrogens is 176 g/mol. The van der Waals surface area contributed by atoms with Crippen LogP contribution < -0.4 is 0 Å². The van der Waals surface area contributed by atoms with Crippen LogP contribution in [0.25, 0.3) is 0 Å². The van der Waals surface area contributed by atoms with Gasteiger partial charge in [0.1, 0.15) is 0 Å². The summed E-state index contributed by atoms with van der Waals surface area (Å²) in [4.78, 5) is 0. The molecule has 0 aliphatic heterocycles. The van der Waals surface area contributed by atoms with E-state index in [2.05, 4.69) is 0 Å². The third-order valence-corrected chi connectivity index (χ3v) is 0. The van der Waals surface area contributed by atoms with Crippen molar-refractivity contribution in [1.29, 1.82) is 0 Å². The van der Waals surface area contributed by atoms with E-state index in [1.54, 1.807) is 0 Å². The van der Waals surface area contributed by atoms with Gasteiger partial charge in [0.2, 0.25) is 0 Å². The van der Waals surface area contributed by atoms with Gasteiger partial charge in [-0.25, -0.2) is 0 Å². The Balaban J connectivity index is 0. The second kappa shape index (κ2) is 9.27. The normalized spacial score (nSPS) is 3.00. The van der Waals surface area contributed by atoms with E-state index >= 15 is 0 Å². The molecule has 0 aromatic carbocycles. The zero-order valence-electron chi connectivity index (χ0n) is 1.93. The number of hydrogen-bond donors (Lipinski definition) is 0. The molecule has 0 bridgehead atoms. The van der Waals surface area contributed by atoms with Crippen molar-refractivity contribution in [2.45, 2.75) is 0 Å². The van der Waals surface area contributed by atoms with Crippen LogP contribution in [0.2, 0.25) is 0 Å². The van der Waals surface area contributed by atoms with Crippen LogP contribution in [0, 0.1) is 0 Å². The standard InChI is InChI=1S/O2Se.Zn/c1-3-2;. The first kappa shape index (κ1) is 8.83. The smallest absolute Gasteiger partial charge is 0 e. The molecule has 0 radical (unpaired) electrons. The Labute approximate surface area is 42.3 Å². The Morgan fingerprint density at radius 3 is 1.25 bits per heavy atom. The van der Waals surface area contributed by atoms with E-state index in [0.717, 1.165) is 0 Å². The first-order valence-electron chi connectivity index (χ1n) is 0.333. The van der Waals surface area contributed by atoms with Gasteiger partial charge in [-0.15, -0.1) is 0 Å². The monoisotopic (exact) mass is 176 g/mol. The average molecular weight is 176 g/mol. The third kappa shape index (κ3) is 15.1. The van der Waals surface area contributed by atoms with Crippen molar-refractivity contribution in [3.63, 3.8) is 0 Å². The molecule has 2 nitrogen and oxygen atoms in total. The van der Waals surface area contributed by atoms with Gasteiger partial charge >= 0.3 is 22.5 Å². The molecule has 0 aliphatic rings. The van der Waals surface area contributed by atoms with Gasteiger partial charge in [-0.05, 0) is 0 Å². The predicted molar refractivity (Wildman–Crippen MR) is 7.13 cm³/mol. The van der Waals surface area contributed by atoms with Gasteiger partial charge in [0.15, 0.2) is 0 Å². The third-order valence-electron chi connectivity index (χ3n) is 0. The second-order valence-electron chi connectivity index (χ2n) is 0.0680. The molecule has 0 saturated heterocycles. The van der Waals surface area contributed by atoms with E-state index in [4.69, 9.17) is 7.67 Å². The van der Waals surface area contributed by atoms with E-state index < -0.39 is 14.8 Å². The summed E-state index contributed by atoms with van der Waals surface area (Å²) in [5.74, 6) is 0. The Hall–Kier alpha value is 0.743. The van der Waals surface area contributed by atoms with Gasteiger partial charge < -0.3 is 0 Å². The molecule has 0 aromatic heterocycles. The first-order valence-corrected chi connectivity index (χ1v) is 1.73. The maximum atomic E-state index is 8.44. The SMILES string of the molecule is O=[Se]=O.[Zn]. The fraction of sp³-hybridized carbons (Fsp3) is 0. The average Bonchev–Trinajstić information content (AvgIpc) is 0.918. The molecule has 0 fully saturated rings. The van der Waals surface area contributed by atoms with Crippen LogP contribution in [0.4, 0.5) is 0 Å². The molecule has 0 atom stereocenters. The molecule has 0 spiro atoms. The molecule has 0 N–H and O–H groups in total. The summed E-state index contributed by atoms with van der Waals surface area (Å²) in [6.07, 6.45) is 0. The molecule has 20 valence electrons. The molecule has 0 saturated carbocycles. The Kier molecular flexibility index (Phi) is 20.5. The fourth-order valence-corrected chi connectivity index (χ4v) is 0. The van der Waals surface area contributed by atoms with Crippen molar-refractivity contribution in [1.82, 2.24) is 0 Å². The quantitative estimate of drug-likeness (QED) is 0.461. The maximum Gasteiger partial charge on any atom is 0 e. The van der Waals surface area contributed by atoms with Crippen LogP contribution >= 0.6 is 0 Å². The van der Waals surface area contributed by atoms with Crippen molar-refractivity contribution >= 4 is 14.8 Å². The van der Waals surface area contributed by atoms with E-state index in [1.165, 1.54) is 0 Å². The number of rotatable bonds is 0. The molecule has 0 amide bonds. The van der Waals surface area contributed by atoms with Crippen molar-refractivity contribution in [3.05, 3.63) is 0 Å². The van der Waals surface area contributed by atoms with Gasteiger partial charge in [0.25, 0.3) is 0 Å². The maximum absolute atomic E-state index is 8.44. The molecule has 0 aromatic rings. The van der Waals surface area contributed by atoms with Gasteiger partial charge in [-0.1, -0.05) is 0 Å². The van der Waals surface area contributed by atoms with Crippen molar-refractivity contribution in [3.8, 4) is 0 Å². The van der Waals surface area contributed by atoms with Gasteiger partial charge in [-0.2, -0.15) is 0 Å². The van der Waals surface area contributed by atoms with E-state index in [-0.39, 0.29) is 19.5 Å². The summed E-state index contributed by atoms with van der Waals surface area (Å²) in [6.45, 7) is 0. The largest absolute Gasteiger partial charge is 0 e. The first-order chi connectivity index (χ1) is 1.41. The molecule has 0 heterocycles. The summed E-state index contributed by atoms with van der Waals surface area (Å²) in [5.41, 5.74) is 0. The molecule has 0 rings (SSSR count). The molecular formula is O2SeZn. The topological polar surface area (TPSA) is 34.1 Å². The van der Waals surface area contributed by atoms with E-state index in [0.29, 0.717) is 0 Å². The summed E-state index contributed by atoms with van der Waals surface area (Å²) in [7, 11) is 0. The summed E-state index contributed by atoms with van der Waals surface area (Å²) in [5, 5.41) is 0. The molecule has 4 heteroatoms. The zero-order valence-corrected chi connectivity index (χ0v) is 6.61. The second-order valence-corrected chi connectivity index (χ2v) is 0.354. The Morgan fingerprint density at radius 2 is 1.25 bits per heavy atom. The predicted octanol–water partition coefficient (Wildman–Crippen LogP) is -0.621. The van der Waals surface area contributed by atoms with Gasteiger partial charge in [0, 0.05) is 19.5 Å². The van der Waals surface area contributed by atoms with Crippen molar-refractivity contribution in [2.75, 3.05) is 0 Å². The van der Waals surface area contributed by atoms with Crippen LogP contribution in [-0.2, 0) is 27.1 Å². The van der Waals surface area contributed by atoms with Crippen LogP contribution in [0.1, 0.15) is 0 Å². The van der Waals surface area contributed by atoms with Crippen LogP contribution in [-0.4, -0.2) is 14.8 Å². The van der Waals surface area contributed by atoms with Crippen LogP contribution in [0.5, 0.6) is 0 Å². The Bertz CT molecular complexity index is 27.0. The van der Waals surface area contributed by atoms with Gasteiger partial charge in [-0.3, -0.25) is 0 Å². The van der Waals surface area contributed by atoms with Crippen LogP contribution in [0.15, 0.2) is 0 Å². The van der Waals surface area contributed by atoms with Crippen LogP contribution in [0.3, 0.4) is 0 Å². The molecule has 0 aliphatic carbocycles. The van der Waals surface area contributed by atoms with Gasteiger partial charge in [0.05, 0.1) is 0 Å². The minimum absolute atomic E-state index is 0. The number of hydrogen-bond acceptors (Lipinski definition) is 2. The van der Waals surface area contributed by atoms with E-state index in [1.807, 2.05) is 0 Å². The fourth-order valence-electron chi connectivity index (χ4n) is 0. The summed E-state index contributed by atoms with van der Waals surface area (Å²) in [6, 6.07) is 0. The Morgan fingerprint density at radius 1 is 1.25 bits per heavy atom. The van der Waals surface area contributed by atoms with E-state index in [9.17, 15) is 0 Å². The zero-order chi connectivity index (χ0) is 2.71. The summed E-state index contributed by atoms with van der Waals surface area (Å²) >= 11 is -1.62. The molecule has 0 unspecified atom stereocenters. The summed E-state index contributed by atoms with van der Waals surface area (Å²) < 4.78 is 16.9. The minimum atomic E-state index is -1.62. The van der Waals surface area contributed by atoms with Crippen molar-refractivity contribution < 1.29 is 27.1 Å².